The highest BCUT2D eigenvalue weighted by Crippen LogP contribution is 2.31. The highest BCUT2D eigenvalue weighted by Gasteiger charge is 2.19. The standard InChI is InChI=1S/C17H22BrNO2/c1-5-8-19-16(14-6-7-15(18)21-14)13-9-11(2)17(20-4)12(3)10-13/h6-7,9-10,16,19H,5,8H2,1-4H3. The lowest BCUT2D eigenvalue weighted by molar-refractivity contribution is 0.406. The van der Waals surface area contributed by atoms with E-state index in [1.165, 1.54) is 5.56 Å². The van der Waals surface area contributed by atoms with Crippen LogP contribution in [0.25, 0.3) is 0 Å². The van der Waals surface area contributed by atoms with Gasteiger partial charge in [-0.05, 0) is 71.6 Å². The van der Waals surface area contributed by atoms with E-state index in [4.69, 9.17) is 9.15 Å². The first-order valence-corrected chi connectivity index (χ1v) is 7.99. The second-order valence-corrected chi connectivity index (χ2v) is 6.00. The average Bonchev–Trinajstić information content (AvgIpc) is 2.85. The van der Waals surface area contributed by atoms with Gasteiger partial charge in [0.2, 0.25) is 0 Å². The summed E-state index contributed by atoms with van der Waals surface area (Å²) in [7, 11) is 1.71. The van der Waals surface area contributed by atoms with Gasteiger partial charge in [-0.2, -0.15) is 0 Å². The molecule has 0 aliphatic heterocycles. The Bertz CT molecular complexity index is 584. The van der Waals surface area contributed by atoms with Crippen molar-refractivity contribution < 1.29 is 9.15 Å². The van der Waals surface area contributed by atoms with Gasteiger partial charge in [0.1, 0.15) is 11.5 Å². The molecule has 0 fully saturated rings. The zero-order valence-electron chi connectivity index (χ0n) is 13.0. The van der Waals surface area contributed by atoms with E-state index in [1.54, 1.807) is 7.11 Å². The molecule has 0 saturated carbocycles. The van der Waals surface area contributed by atoms with Gasteiger partial charge in [0.25, 0.3) is 0 Å². The smallest absolute Gasteiger partial charge is 0.169 e. The lowest BCUT2D eigenvalue weighted by Crippen LogP contribution is -2.23. The summed E-state index contributed by atoms with van der Waals surface area (Å²) in [5.74, 6) is 1.87. The molecule has 3 nitrogen and oxygen atoms in total. The Morgan fingerprint density at radius 2 is 1.90 bits per heavy atom. The topological polar surface area (TPSA) is 34.4 Å². The van der Waals surface area contributed by atoms with Crippen molar-refractivity contribution in [1.29, 1.82) is 0 Å². The number of nitrogens with one attached hydrogen (secondary N) is 1. The second kappa shape index (κ2) is 7.14. The molecule has 1 heterocycles. The molecule has 1 N–H and O–H groups in total. The minimum absolute atomic E-state index is 0.0551. The number of halogens is 1. The molecule has 0 aliphatic rings. The molecule has 0 radical (unpaired) electrons. The Balaban J connectivity index is 2.41. The third-order valence-electron chi connectivity index (χ3n) is 3.50. The number of aryl methyl sites for hydroxylation is 2. The molecule has 0 saturated heterocycles. The first-order valence-electron chi connectivity index (χ1n) is 7.20. The Morgan fingerprint density at radius 1 is 1.24 bits per heavy atom. The molecule has 0 bridgehead atoms. The van der Waals surface area contributed by atoms with Crippen LogP contribution in [0.2, 0.25) is 0 Å². The van der Waals surface area contributed by atoms with Gasteiger partial charge in [-0.3, -0.25) is 0 Å². The molecule has 0 spiro atoms. The fourth-order valence-electron chi connectivity index (χ4n) is 2.63. The van der Waals surface area contributed by atoms with E-state index in [0.29, 0.717) is 0 Å². The Labute approximate surface area is 134 Å². The summed E-state index contributed by atoms with van der Waals surface area (Å²) in [4.78, 5) is 0. The van der Waals surface area contributed by atoms with E-state index >= 15 is 0 Å². The normalized spacial score (nSPS) is 12.4. The van der Waals surface area contributed by atoms with E-state index in [1.807, 2.05) is 12.1 Å². The van der Waals surface area contributed by atoms with Gasteiger partial charge in [0.15, 0.2) is 4.67 Å². The largest absolute Gasteiger partial charge is 0.496 e. The molecule has 2 aromatic rings. The first-order chi connectivity index (χ1) is 10.1. The summed E-state index contributed by atoms with van der Waals surface area (Å²) >= 11 is 3.38. The van der Waals surface area contributed by atoms with Crippen LogP contribution in [0, 0.1) is 13.8 Å². The monoisotopic (exact) mass is 351 g/mol. The molecular weight excluding hydrogens is 330 g/mol. The number of methoxy groups -OCH3 is 1. The summed E-state index contributed by atoms with van der Waals surface area (Å²) in [6, 6.07) is 8.32. The van der Waals surface area contributed by atoms with Crippen LogP contribution in [0.1, 0.15) is 41.8 Å². The minimum atomic E-state index is 0.0551. The lowest BCUT2D eigenvalue weighted by Gasteiger charge is -2.19. The molecule has 1 aromatic heterocycles. The molecule has 1 atom stereocenters. The van der Waals surface area contributed by atoms with E-state index < -0.39 is 0 Å². The van der Waals surface area contributed by atoms with Crippen molar-refractivity contribution in [3.8, 4) is 5.75 Å². The summed E-state index contributed by atoms with van der Waals surface area (Å²) in [5.41, 5.74) is 3.48. The highest BCUT2D eigenvalue weighted by atomic mass is 79.9. The van der Waals surface area contributed by atoms with Crippen LogP contribution in [0.5, 0.6) is 5.75 Å². The number of hydrogen-bond donors (Lipinski definition) is 1. The number of furan rings is 1. The summed E-state index contributed by atoms with van der Waals surface area (Å²) in [6.45, 7) is 7.24. The van der Waals surface area contributed by atoms with Crippen molar-refractivity contribution in [1.82, 2.24) is 5.32 Å². The Morgan fingerprint density at radius 3 is 2.38 bits per heavy atom. The SMILES string of the molecule is CCCNC(c1cc(C)c(OC)c(C)c1)c1ccc(Br)o1. The van der Waals surface area contributed by atoms with Crippen molar-refractivity contribution in [2.24, 2.45) is 0 Å². The van der Waals surface area contributed by atoms with Gasteiger partial charge in [0.05, 0.1) is 13.2 Å². The summed E-state index contributed by atoms with van der Waals surface area (Å²) in [5, 5.41) is 3.55. The first kappa shape index (κ1) is 16.1. The van der Waals surface area contributed by atoms with Gasteiger partial charge in [-0.15, -0.1) is 0 Å². The van der Waals surface area contributed by atoms with E-state index in [2.05, 4.69) is 54.2 Å². The number of benzene rings is 1. The van der Waals surface area contributed by atoms with Gasteiger partial charge < -0.3 is 14.5 Å². The molecule has 0 amide bonds. The van der Waals surface area contributed by atoms with Crippen LogP contribution in [0.4, 0.5) is 0 Å². The Kier molecular flexibility index (Phi) is 5.48. The molecule has 21 heavy (non-hydrogen) atoms. The zero-order chi connectivity index (χ0) is 15.4. The van der Waals surface area contributed by atoms with Crippen molar-refractivity contribution in [2.75, 3.05) is 13.7 Å². The van der Waals surface area contributed by atoms with Crippen LogP contribution in [0.15, 0.2) is 33.4 Å². The maximum absolute atomic E-state index is 5.76. The third kappa shape index (κ3) is 3.69. The molecule has 0 aliphatic carbocycles. The molecular formula is C17H22BrNO2. The van der Waals surface area contributed by atoms with Crippen LogP contribution in [0.3, 0.4) is 0 Å². The molecule has 114 valence electrons. The van der Waals surface area contributed by atoms with Crippen LogP contribution < -0.4 is 10.1 Å². The van der Waals surface area contributed by atoms with Crippen LogP contribution in [-0.4, -0.2) is 13.7 Å². The predicted molar refractivity (Wildman–Crippen MR) is 89.0 cm³/mol. The fourth-order valence-corrected chi connectivity index (χ4v) is 2.95. The van der Waals surface area contributed by atoms with Gasteiger partial charge in [0, 0.05) is 0 Å². The second-order valence-electron chi connectivity index (χ2n) is 5.22. The van der Waals surface area contributed by atoms with Crippen molar-refractivity contribution in [2.45, 2.75) is 33.2 Å². The predicted octanol–water partition coefficient (Wildman–Crippen LogP) is 4.76. The number of rotatable bonds is 6. The van der Waals surface area contributed by atoms with Crippen molar-refractivity contribution in [3.63, 3.8) is 0 Å². The van der Waals surface area contributed by atoms with Crippen molar-refractivity contribution >= 4 is 15.9 Å². The highest BCUT2D eigenvalue weighted by molar-refractivity contribution is 9.10. The summed E-state index contributed by atoms with van der Waals surface area (Å²) < 4.78 is 12.0. The maximum atomic E-state index is 5.76. The van der Waals surface area contributed by atoms with E-state index in [-0.39, 0.29) is 6.04 Å². The van der Waals surface area contributed by atoms with Crippen LogP contribution >= 0.6 is 15.9 Å². The van der Waals surface area contributed by atoms with E-state index in [0.717, 1.165) is 40.3 Å². The Hall–Kier alpha value is -1.26. The molecule has 1 aromatic carbocycles. The lowest BCUT2D eigenvalue weighted by atomic mass is 9.98. The van der Waals surface area contributed by atoms with Gasteiger partial charge >= 0.3 is 0 Å². The molecule has 4 heteroatoms. The fraction of sp³-hybridized carbons (Fsp3) is 0.412. The quantitative estimate of drug-likeness (QED) is 0.814. The number of hydrogen-bond acceptors (Lipinski definition) is 3. The van der Waals surface area contributed by atoms with Gasteiger partial charge in [-0.1, -0.05) is 19.1 Å². The third-order valence-corrected chi connectivity index (χ3v) is 3.92. The van der Waals surface area contributed by atoms with E-state index in [9.17, 15) is 0 Å². The maximum Gasteiger partial charge on any atom is 0.169 e. The van der Waals surface area contributed by atoms with Gasteiger partial charge in [-0.25, -0.2) is 0 Å². The molecule has 2 rings (SSSR count). The minimum Gasteiger partial charge on any atom is -0.496 e. The number of ether oxygens (including phenoxy) is 1. The summed E-state index contributed by atoms with van der Waals surface area (Å²) in [6.07, 6.45) is 1.08. The van der Waals surface area contributed by atoms with Crippen LogP contribution in [-0.2, 0) is 0 Å². The molecule has 1 unspecified atom stereocenters. The van der Waals surface area contributed by atoms with Crippen molar-refractivity contribution in [3.05, 3.63) is 51.4 Å². The average molecular weight is 352 g/mol. The zero-order valence-corrected chi connectivity index (χ0v) is 14.6.